The average molecular weight is 422 g/mol. The number of ether oxygens (including phenoxy) is 1. The first-order chi connectivity index (χ1) is 11.5. The van der Waals surface area contributed by atoms with E-state index in [1.54, 1.807) is 0 Å². The van der Waals surface area contributed by atoms with E-state index in [4.69, 9.17) is 16.8 Å². The number of halogens is 11. The van der Waals surface area contributed by atoms with E-state index >= 15 is 0 Å². The van der Waals surface area contributed by atoms with E-state index in [-0.39, 0.29) is 12.1 Å². The molecule has 0 amide bonds. The lowest BCUT2D eigenvalue weighted by Gasteiger charge is -2.32. The number of benzene rings is 1. The molecular formula is C12H6ClF10NO2. The standard InChI is InChI=1S/C12H6ClF10NO2/c1-4-5(9(14,10(15,16)17)11(18,19)20)2-3-6(26-12(21,22)23)7(4)8(13)24-25/h2-3,25H,1H3. The molecule has 14 heteroatoms. The van der Waals surface area contributed by atoms with Crippen molar-refractivity contribution in [1.82, 2.24) is 0 Å². The summed E-state index contributed by atoms with van der Waals surface area (Å²) >= 11 is 5.25. The lowest BCUT2D eigenvalue weighted by Crippen LogP contribution is -2.51. The highest BCUT2D eigenvalue weighted by molar-refractivity contribution is 6.70. The molecule has 0 saturated heterocycles. The monoisotopic (exact) mass is 421 g/mol. The molecule has 26 heavy (non-hydrogen) atoms. The molecule has 0 aliphatic heterocycles. The summed E-state index contributed by atoms with van der Waals surface area (Å²) in [7, 11) is 0. The summed E-state index contributed by atoms with van der Waals surface area (Å²) in [5, 5.41) is 9.39. The molecule has 3 nitrogen and oxygen atoms in total. The summed E-state index contributed by atoms with van der Waals surface area (Å²) in [6.07, 6.45) is -18.4. The number of hydrogen-bond donors (Lipinski definition) is 1. The Morgan fingerprint density at radius 2 is 1.42 bits per heavy atom. The Bertz CT molecular complexity index is 694. The van der Waals surface area contributed by atoms with Crippen LogP contribution in [0.15, 0.2) is 17.3 Å². The molecule has 0 fully saturated rings. The van der Waals surface area contributed by atoms with Crippen LogP contribution >= 0.6 is 11.6 Å². The highest BCUT2D eigenvalue weighted by Crippen LogP contribution is 2.54. The first-order valence-electron chi connectivity index (χ1n) is 6.07. The maximum Gasteiger partial charge on any atom is 0.573 e. The van der Waals surface area contributed by atoms with E-state index in [0.717, 1.165) is 0 Å². The van der Waals surface area contributed by atoms with Gasteiger partial charge in [0.15, 0.2) is 5.17 Å². The summed E-state index contributed by atoms with van der Waals surface area (Å²) < 4.78 is 132. The van der Waals surface area contributed by atoms with E-state index in [9.17, 15) is 43.9 Å². The predicted molar refractivity (Wildman–Crippen MR) is 66.9 cm³/mol. The highest BCUT2D eigenvalue weighted by atomic mass is 35.5. The Kier molecular flexibility index (Phi) is 5.67. The van der Waals surface area contributed by atoms with Crippen LogP contribution in [0.3, 0.4) is 0 Å². The van der Waals surface area contributed by atoms with E-state index in [1.807, 2.05) is 0 Å². The van der Waals surface area contributed by atoms with Gasteiger partial charge in [-0.05, 0) is 18.6 Å². The van der Waals surface area contributed by atoms with Crippen LogP contribution in [0.4, 0.5) is 43.9 Å². The third-order valence-electron chi connectivity index (χ3n) is 3.10. The minimum Gasteiger partial charge on any atom is -0.410 e. The number of alkyl halides is 10. The summed E-state index contributed by atoms with van der Waals surface area (Å²) in [4.78, 5) is 0. The molecule has 0 aromatic heterocycles. The zero-order valence-electron chi connectivity index (χ0n) is 12.1. The van der Waals surface area contributed by atoms with Crippen molar-refractivity contribution in [3.05, 3.63) is 28.8 Å². The molecule has 1 N–H and O–H groups in total. The van der Waals surface area contributed by atoms with Gasteiger partial charge in [0, 0.05) is 5.56 Å². The van der Waals surface area contributed by atoms with Crippen molar-refractivity contribution in [3.8, 4) is 5.75 Å². The second-order valence-electron chi connectivity index (χ2n) is 4.70. The van der Waals surface area contributed by atoms with E-state index < -0.39 is 52.0 Å². The fourth-order valence-electron chi connectivity index (χ4n) is 2.04. The molecule has 1 aromatic carbocycles. The summed E-state index contributed by atoms with van der Waals surface area (Å²) in [6, 6.07) is -0.188. The third kappa shape index (κ3) is 3.91. The smallest absolute Gasteiger partial charge is 0.410 e. The number of oxime groups is 1. The Balaban J connectivity index is 3.87. The van der Waals surface area contributed by atoms with Gasteiger partial charge in [-0.2, -0.15) is 26.3 Å². The average Bonchev–Trinajstić information content (AvgIpc) is 2.42. The zero-order chi connectivity index (χ0) is 20.7. The molecule has 0 atom stereocenters. The molecule has 0 aliphatic rings. The molecule has 0 saturated carbocycles. The van der Waals surface area contributed by atoms with Gasteiger partial charge in [0.05, 0.1) is 5.56 Å². The fraction of sp³-hybridized carbons (Fsp3) is 0.417. The van der Waals surface area contributed by atoms with Gasteiger partial charge >= 0.3 is 24.4 Å². The maximum atomic E-state index is 14.2. The van der Waals surface area contributed by atoms with Crippen molar-refractivity contribution in [2.24, 2.45) is 5.16 Å². The Morgan fingerprint density at radius 1 is 0.962 bits per heavy atom. The number of rotatable bonds is 3. The second kappa shape index (κ2) is 6.67. The molecule has 0 bridgehead atoms. The zero-order valence-corrected chi connectivity index (χ0v) is 12.9. The number of hydrogen-bond acceptors (Lipinski definition) is 3. The Labute approximate surface area is 142 Å². The van der Waals surface area contributed by atoms with Gasteiger partial charge in [0.1, 0.15) is 5.75 Å². The van der Waals surface area contributed by atoms with Crippen molar-refractivity contribution >= 4 is 16.8 Å². The highest BCUT2D eigenvalue weighted by Gasteiger charge is 2.74. The summed E-state index contributed by atoms with van der Waals surface area (Å²) in [5.41, 5.74) is -10.7. The van der Waals surface area contributed by atoms with Gasteiger partial charge in [-0.3, -0.25) is 0 Å². The van der Waals surface area contributed by atoms with Gasteiger partial charge < -0.3 is 9.94 Å². The van der Waals surface area contributed by atoms with Crippen molar-refractivity contribution in [3.63, 3.8) is 0 Å². The van der Waals surface area contributed by atoms with Crippen LogP contribution in [-0.4, -0.2) is 29.1 Å². The Hall–Kier alpha value is -1.92. The molecular weight excluding hydrogens is 416 g/mol. The third-order valence-corrected chi connectivity index (χ3v) is 3.36. The lowest BCUT2D eigenvalue weighted by atomic mass is 9.88. The SMILES string of the molecule is Cc1c(C(F)(C(F)(F)F)C(F)(F)F)ccc(OC(F)(F)F)c1C(Cl)=NO. The molecule has 0 spiro atoms. The van der Waals surface area contributed by atoms with Gasteiger partial charge in [-0.1, -0.05) is 22.8 Å². The molecule has 0 heterocycles. The van der Waals surface area contributed by atoms with Crippen LogP contribution in [0.2, 0.25) is 0 Å². The van der Waals surface area contributed by atoms with Crippen molar-refractivity contribution < 1.29 is 53.8 Å². The predicted octanol–water partition coefficient (Wildman–Crippen LogP) is 5.56. The van der Waals surface area contributed by atoms with Gasteiger partial charge in [-0.15, -0.1) is 13.2 Å². The van der Waals surface area contributed by atoms with Gasteiger partial charge in [-0.25, -0.2) is 4.39 Å². The first-order valence-corrected chi connectivity index (χ1v) is 6.45. The summed E-state index contributed by atoms with van der Waals surface area (Å²) in [5.74, 6) is -1.40. The molecule has 148 valence electrons. The lowest BCUT2D eigenvalue weighted by molar-refractivity contribution is -0.348. The van der Waals surface area contributed by atoms with Crippen molar-refractivity contribution in [1.29, 1.82) is 0 Å². The van der Waals surface area contributed by atoms with E-state index in [0.29, 0.717) is 6.92 Å². The van der Waals surface area contributed by atoms with Crippen LogP contribution in [0.1, 0.15) is 16.7 Å². The van der Waals surface area contributed by atoms with Gasteiger partial charge in [0.25, 0.3) is 0 Å². The topological polar surface area (TPSA) is 41.8 Å². The molecule has 0 aliphatic carbocycles. The fourth-order valence-corrected chi connectivity index (χ4v) is 2.28. The molecule has 0 radical (unpaired) electrons. The number of nitrogens with zero attached hydrogens (tertiary/aromatic N) is 1. The van der Waals surface area contributed by atoms with Crippen molar-refractivity contribution in [2.45, 2.75) is 31.3 Å². The molecule has 1 rings (SSSR count). The van der Waals surface area contributed by atoms with Crippen LogP contribution in [0.5, 0.6) is 5.75 Å². The summed E-state index contributed by atoms with van der Waals surface area (Å²) in [6.45, 7) is 0.424. The maximum absolute atomic E-state index is 14.2. The van der Waals surface area contributed by atoms with E-state index in [2.05, 4.69) is 9.89 Å². The minimum absolute atomic E-state index is 0.00940. The first kappa shape index (κ1) is 22.1. The second-order valence-corrected chi connectivity index (χ2v) is 5.06. The van der Waals surface area contributed by atoms with Crippen molar-refractivity contribution in [2.75, 3.05) is 0 Å². The minimum atomic E-state index is -6.51. The Morgan fingerprint density at radius 3 is 1.77 bits per heavy atom. The quantitative estimate of drug-likeness (QED) is 0.301. The van der Waals surface area contributed by atoms with Crippen LogP contribution in [0, 0.1) is 6.92 Å². The molecule has 1 aromatic rings. The van der Waals surface area contributed by atoms with Crippen LogP contribution in [-0.2, 0) is 5.67 Å². The van der Waals surface area contributed by atoms with Gasteiger partial charge in [0.2, 0.25) is 0 Å². The van der Waals surface area contributed by atoms with Crippen LogP contribution in [0.25, 0.3) is 0 Å². The van der Waals surface area contributed by atoms with Crippen LogP contribution < -0.4 is 4.74 Å². The molecule has 0 unspecified atom stereocenters. The van der Waals surface area contributed by atoms with E-state index in [1.165, 1.54) is 0 Å². The largest absolute Gasteiger partial charge is 0.573 e. The normalized spacial score (nSPS) is 14.5.